The third kappa shape index (κ3) is 14.5. The van der Waals surface area contributed by atoms with Gasteiger partial charge in [0, 0.05) is 0 Å². The first-order chi connectivity index (χ1) is 23.1. The number of halogens is 1. The first-order valence-electron chi connectivity index (χ1n) is 20.1. The van der Waals surface area contributed by atoms with Crippen molar-refractivity contribution in [3.63, 3.8) is 0 Å². The van der Waals surface area contributed by atoms with Gasteiger partial charge in [-0.25, -0.2) is 0 Å². The van der Waals surface area contributed by atoms with Gasteiger partial charge in [-0.2, -0.15) is 0 Å². The van der Waals surface area contributed by atoms with Crippen LogP contribution in [0.25, 0.3) is 0 Å². The molecule has 0 nitrogen and oxygen atoms in total. The molecule has 47 heavy (non-hydrogen) atoms. The fourth-order valence-electron chi connectivity index (χ4n) is 7.06. The van der Waals surface area contributed by atoms with E-state index in [2.05, 4.69) is 93.6 Å². The maximum Gasteiger partial charge on any atom is 0.119 e. The Labute approximate surface area is 296 Å². The van der Waals surface area contributed by atoms with Crippen molar-refractivity contribution in [2.24, 2.45) is 0 Å². The summed E-state index contributed by atoms with van der Waals surface area (Å²) in [5.41, 5.74) is 7.79. The van der Waals surface area contributed by atoms with Crippen LogP contribution in [-0.2, 0) is 24.1 Å². The average Bonchev–Trinajstić information content (AvgIpc) is 3.11. The van der Waals surface area contributed by atoms with E-state index in [1.807, 2.05) is 0 Å². The van der Waals surface area contributed by atoms with Gasteiger partial charge in [-0.1, -0.05) is 209 Å². The molecule has 0 bridgehead atoms. The number of unbranched alkanes of at least 4 members (excludes halogenated alkanes) is 18. The van der Waals surface area contributed by atoms with Crippen molar-refractivity contribution in [3.05, 3.63) is 106 Å². The molecule has 3 aromatic rings. The average molecular weight is 658 g/mol. The molecule has 0 atom stereocenters. The highest BCUT2D eigenvalue weighted by Gasteiger charge is 2.34. The number of aryl methyl sites for hydroxylation is 3. The Hall–Kier alpha value is -2.05. The van der Waals surface area contributed by atoms with Gasteiger partial charge < -0.3 is 0 Å². The molecule has 0 radical (unpaired) electrons. The fraction of sp³-hybridized carbons (Fsp3) is 0.609. The summed E-state index contributed by atoms with van der Waals surface area (Å²) in [6.07, 6.45) is 31.8. The minimum Gasteiger partial charge on any atom is -0.104 e. The molecule has 0 aromatic heterocycles. The molecule has 0 N–H and O–H groups in total. The Morgan fingerprint density at radius 1 is 0.319 bits per heavy atom. The highest BCUT2D eigenvalue weighted by atomic mass is 35.5. The van der Waals surface area contributed by atoms with Gasteiger partial charge in [-0.15, -0.1) is 11.6 Å². The summed E-state index contributed by atoms with van der Waals surface area (Å²) in [6.45, 7) is 6.87. The number of hydrogen-bond donors (Lipinski definition) is 0. The molecule has 260 valence electrons. The molecule has 0 spiro atoms. The summed E-state index contributed by atoms with van der Waals surface area (Å²) in [7, 11) is 0. The van der Waals surface area contributed by atoms with Crippen molar-refractivity contribution < 1.29 is 0 Å². The third-order valence-corrected chi connectivity index (χ3v) is 10.9. The molecule has 0 heterocycles. The van der Waals surface area contributed by atoms with Gasteiger partial charge in [-0.05, 0) is 71.9 Å². The molecule has 0 saturated heterocycles. The van der Waals surface area contributed by atoms with Crippen LogP contribution in [0.1, 0.15) is 189 Å². The summed E-state index contributed by atoms with van der Waals surface area (Å²) < 4.78 is 0. The SMILES string of the molecule is CCCCCCCCCc1ccc(C(Cl)(c2ccc(CCCCCCCCC)cc2)c2ccc(CCCCCCCCC)cc2)cc1. The largest absolute Gasteiger partial charge is 0.119 e. The topological polar surface area (TPSA) is 0 Å². The Morgan fingerprint density at radius 3 is 0.766 bits per heavy atom. The second-order valence-corrected chi connectivity index (χ2v) is 14.9. The van der Waals surface area contributed by atoms with E-state index >= 15 is 0 Å². The van der Waals surface area contributed by atoms with Crippen LogP contribution in [0.4, 0.5) is 0 Å². The van der Waals surface area contributed by atoms with Crippen LogP contribution in [0.2, 0.25) is 0 Å². The van der Waals surface area contributed by atoms with Crippen LogP contribution in [0, 0.1) is 0 Å². The van der Waals surface area contributed by atoms with E-state index in [1.54, 1.807) is 0 Å². The van der Waals surface area contributed by atoms with Gasteiger partial charge in [0.05, 0.1) is 0 Å². The maximum atomic E-state index is 7.83. The van der Waals surface area contributed by atoms with Crippen LogP contribution < -0.4 is 0 Å². The van der Waals surface area contributed by atoms with Crippen LogP contribution in [0.3, 0.4) is 0 Å². The molecule has 3 aromatic carbocycles. The Kier molecular flexibility index (Phi) is 20.2. The Bertz CT molecular complexity index is 1010. The third-order valence-electron chi connectivity index (χ3n) is 10.3. The predicted molar refractivity (Wildman–Crippen MR) is 210 cm³/mol. The first kappa shape index (κ1) is 39.4. The van der Waals surface area contributed by atoms with E-state index in [1.165, 1.54) is 168 Å². The quantitative estimate of drug-likeness (QED) is 0.0435. The van der Waals surface area contributed by atoms with Crippen LogP contribution in [-0.4, -0.2) is 0 Å². The molecule has 0 unspecified atom stereocenters. The van der Waals surface area contributed by atoms with E-state index in [-0.39, 0.29) is 0 Å². The van der Waals surface area contributed by atoms with E-state index in [0.717, 1.165) is 19.3 Å². The van der Waals surface area contributed by atoms with Crippen molar-refractivity contribution in [1.29, 1.82) is 0 Å². The second-order valence-electron chi connectivity index (χ2n) is 14.4. The normalized spacial score (nSPS) is 11.7. The monoisotopic (exact) mass is 657 g/mol. The van der Waals surface area contributed by atoms with Crippen molar-refractivity contribution >= 4 is 11.6 Å². The highest BCUT2D eigenvalue weighted by Crippen LogP contribution is 2.43. The Morgan fingerprint density at radius 2 is 0.532 bits per heavy atom. The number of hydrogen-bond acceptors (Lipinski definition) is 0. The molecule has 0 saturated carbocycles. The molecule has 0 amide bonds. The van der Waals surface area contributed by atoms with Gasteiger partial charge in [0.1, 0.15) is 4.87 Å². The van der Waals surface area contributed by atoms with Gasteiger partial charge >= 0.3 is 0 Å². The van der Waals surface area contributed by atoms with Crippen molar-refractivity contribution in [2.75, 3.05) is 0 Å². The van der Waals surface area contributed by atoms with Gasteiger partial charge in [0.25, 0.3) is 0 Å². The lowest BCUT2D eigenvalue weighted by molar-refractivity contribution is 0.589. The molecule has 3 rings (SSSR count). The van der Waals surface area contributed by atoms with Crippen LogP contribution in [0.5, 0.6) is 0 Å². The van der Waals surface area contributed by atoms with Crippen LogP contribution >= 0.6 is 11.6 Å². The summed E-state index contributed by atoms with van der Waals surface area (Å²) in [4.78, 5) is -0.701. The zero-order chi connectivity index (χ0) is 33.4. The summed E-state index contributed by atoms with van der Waals surface area (Å²) in [6, 6.07) is 27.7. The lowest BCUT2D eigenvalue weighted by atomic mass is 9.82. The van der Waals surface area contributed by atoms with E-state index < -0.39 is 4.87 Å². The summed E-state index contributed by atoms with van der Waals surface area (Å²) in [5, 5.41) is 0. The van der Waals surface area contributed by atoms with Crippen molar-refractivity contribution in [3.8, 4) is 0 Å². The number of benzene rings is 3. The van der Waals surface area contributed by atoms with Gasteiger partial charge in [0.15, 0.2) is 0 Å². The predicted octanol–water partition coefficient (Wildman–Crippen LogP) is 15.1. The minimum absolute atomic E-state index is 0.701. The summed E-state index contributed by atoms with van der Waals surface area (Å²) in [5.74, 6) is 0. The molecule has 1 heteroatoms. The number of alkyl halides is 1. The van der Waals surface area contributed by atoms with E-state index in [0.29, 0.717) is 0 Å². The lowest BCUT2D eigenvalue weighted by Crippen LogP contribution is -2.22. The van der Waals surface area contributed by atoms with Crippen LogP contribution in [0.15, 0.2) is 72.8 Å². The van der Waals surface area contributed by atoms with Crippen molar-refractivity contribution in [2.45, 2.75) is 180 Å². The molecule has 0 aliphatic carbocycles. The molecule has 0 aliphatic rings. The standard InChI is InChI=1S/C46H69Cl/c1-4-7-10-13-16-19-22-25-40-28-34-43(35-29-40)46(47,44-36-30-41(31-37-44)26-23-20-17-14-11-8-5-2)45-38-32-42(33-39-45)27-24-21-18-15-12-9-6-3/h28-39H,4-27H2,1-3H3. The van der Waals surface area contributed by atoms with Gasteiger partial charge in [0.2, 0.25) is 0 Å². The smallest absolute Gasteiger partial charge is 0.104 e. The molecular formula is C46H69Cl. The van der Waals surface area contributed by atoms with Crippen molar-refractivity contribution in [1.82, 2.24) is 0 Å². The molecule has 0 aliphatic heterocycles. The molecule has 0 fully saturated rings. The lowest BCUT2D eigenvalue weighted by Gasteiger charge is -2.30. The maximum absolute atomic E-state index is 7.83. The fourth-order valence-corrected chi connectivity index (χ4v) is 7.44. The van der Waals surface area contributed by atoms with E-state index in [9.17, 15) is 0 Å². The number of rotatable bonds is 27. The first-order valence-corrected chi connectivity index (χ1v) is 20.5. The highest BCUT2D eigenvalue weighted by molar-refractivity contribution is 6.28. The zero-order valence-corrected chi connectivity index (χ0v) is 31.5. The second kappa shape index (κ2) is 24.1. The van der Waals surface area contributed by atoms with Gasteiger partial charge in [-0.3, -0.25) is 0 Å². The summed E-state index contributed by atoms with van der Waals surface area (Å²) >= 11 is 7.83. The minimum atomic E-state index is -0.701. The zero-order valence-electron chi connectivity index (χ0n) is 30.8. The molecular weight excluding hydrogens is 588 g/mol. The van der Waals surface area contributed by atoms with E-state index in [4.69, 9.17) is 11.6 Å². The Balaban J connectivity index is 1.68.